The molecule has 0 amide bonds. The fourth-order valence-corrected chi connectivity index (χ4v) is 4.46. The van der Waals surface area contributed by atoms with E-state index in [4.69, 9.17) is 9.47 Å². The molecule has 3 aromatic rings. The summed E-state index contributed by atoms with van der Waals surface area (Å²) >= 11 is 0. The van der Waals surface area contributed by atoms with Crippen LogP contribution in [0, 0.1) is 0 Å². The van der Waals surface area contributed by atoms with Crippen molar-refractivity contribution in [2.75, 3.05) is 26.8 Å². The number of piperidine rings is 1. The Labute approximate surface area is 171 Å². The molecule has 0 unspecified atom stereocenters. The van der Waals surface area contributed by atoms with Gasteiger partial charge in [-0.25, -0.2) is 4.98 Å². The summed E-state index contributed by atoms with van der Waals surface area (Å²) in [7, 11) is 1.72. The summed E-state index contributed by atoms with van der Waals surface area (Å²) in [6, 6.07) is 14.9. The van der Waals surface area contributed by atoms with Gasteiger partial charge in [0.2, 0.25) is 0 Å². The van der Waals surface area contributed by atoms with Crippen molar-refractivity contribution >= 4 is 0 Å². The van der Waals surface area contributed by atoms with Crippen LogP contribution >= 0.6 is 0 Å². The summed E-state index contributed by atoms with van der Waals surface area (Å²) in [5, 5.41) is 0. The molecule has 1 aromatic heterocycles. The second-order valence-electron chi connectivity index (χ2n) is 8.00. The van der Waals surface area contributed by atoms with Gasteiger partial charge in [-0.2, -0.15) is 0 Å². The van der Waals surface area contributed by atoms with Crippen LogP contribution in [0.2, 0.25) is 0 Å². The molecule has 1 saturated heterocycles. The largest absolute Gasteiger partial charge is 0.497 e. The second kappa shape index (κ2) is 7.91. The van der Waals surface area contributed by atoms with Gasteiger partial charge in [-0.15, -0.1) is 0 Å². The highest BCUT2D eigenvalue weighted by atomic mass is 16.5. The van der Waals surface area contributed by atoms with Gasteiger partial charge in [0.25, 0.3) is 0 Å². The van der Waals surface area contributed by atoms with E-state index in [0.29, 0.717) is 5.92 Å². The Balaban J connectivity index is 1.19. The van der Waals surface area contributed by atoms with Crippen molar-refractivity contribution in [2.45, 2.75) is 31.7 Å². The lowest BCUT2D eigenvalue weighted by molar-refractivity contribution is 0.203. The maximum absolute atomic E-state index is 5.60. The number of benzene rings is 2. The summed E-state index contributed by atoms with van der Waals surface area (Å²) < 4.78 is 10.9. The van der Waals surface area contributed by atoms with E-state index in [1.807, 2.05) is 6.20 Å². The maximum atomic E-state index is 5.60. The number of nitrogens with one attached hydrogen (secondary N) is 1. The van der Waals surface area contributed by atoms with Crippen LogP contribution in [0.1, 0.15) is 35.6 Å². The first-order chi connectivity index (χ1) is 14.3. The first-order valence-corrected chi connectivity index (χ1v) is 10.4. The van der Waals surface area contributed by atoms with Crippen LogP contribution in [0.15, 0.2) is 48.7 Å². The third kappa shape index (κ3) is 3.87. The SMILES string of the molecule is COc1ccc(C2CCN(Cc3cnc(-c4ccc5c(c4)CCO5)[nH]3)CC2)cc1. The number of rotatable bonds is 5. The lowest BCUT2D eigenvalue weighted by Gasteiger charge is -2.31. The van der Waals surface area contributed by atoms with Crippen LogP contribution in [-0.4, -0.2) is 41.7 Å². The number of nitrogens with zero attached hydrogens (tertiary/aromatic N) is 2. The minimum absolute atomic E-state index is 0.642. The molecule has 0 saturated carbocycles. The van der Waals surface area contributed by atoms with Gasteiger partial charge in [-0.1, -0.05) is 12.1 Å². The van der Waals surface area contributed by atoms with Crippen LogP contribution in [0.25, 0.3) is 11.4 Å². The van der Waals surface area contributed by atoms with Gasteiger partial charge >= 0.3 is 0 Å². The van der Waals surface area contributed by atoms with Gasteiger partial charge in [-0.05, 0) is 73.3 Å². The summed E-state index contributed by atoms with van der Waals surface area (Å²) in [4.78, 5) is 10.7. The zero-order chi connectivity index (χ0) is 19.6. The summed E-state index contributed by atoms with van der Waals surface area (Å²) in [6.45, 7) is 3.94. The number of hydrogen-bond donors (Lipinski definition) is 1. The molecule has 2 aliphatic rings. The van der Waals surface area contributed by atoms with Gasteiger partial charge < -0.3 is 14.5 Å². The van der Waals surface area contributed by atoms with Gasteiger partial charge in [-0.3, -0.25) is 4.90 Å². The standard InChI is InChI=1S/C24H27N3O2/c1-28-22-5-2-17(3-6-22)18-8-11-27(12-9-18)16-21-15-25-24(26-21)20-4-7-23-19(14-20)10-13-29-23/h2-7,14-15,18H,8-13,16H2,1H3,(H,25,26). The van der Waals surface area contributed by atoms with Crippen LogP contribution in [0.5, 0.6) is 11.5 Å². The van der Waals surface area contributed by atoms with Crippen LogP contribution in [0.4, 0.5) is 0 Å². The molecule has 0 aliphatic carbocycles. The van der Waals surface area contributed by atoms with Crippen molar-refractivity contribution < 1.29 is 9.47 Å². The Morgan fingerprint density at radius 3 is 2.76 bits per heavy atom. The number of methoxy groups -OCH3 is 1. The van der Waals surface area contributed by atoms with Gasteiger partial charge in [0, 0.05) is 30.4 Å². The summed E-state index contributed by atoms with van der Waals surface area (Å²) in [6.07, 6.45) is 5.35. The van der Waals surface area contributed by atoms with Crippen molar-refractivity contribution in [3.05, 3.63) is 65.5 Å². The molecule has 5 nitrogen and oxygen atoms in total. The fourth-order valence-electron chi connectivity index (χ4n) is 4.46. The Morgan fingerprint density at radius 1 is 1.14 bits per heavy atom. The number of fused-ring (bicyclic) bond motifs is 1. The zero-order valence-corrected chi connectivity index (χ0v) is 16.9. The Kier molecular flexibility index (Phi) is 4.98. The second-order valence-corrected chi connectivity index (χ2v) is 8.00. The molecule has 150 valence electrons. The predicted octanol–water partition coefficient (Wildman–Crippen LogP) is 4.40. The third-order valence-electron chi connectivity index (χ3n) is 6.16. The molecule has 29 heavy (non-hydrogen) atoms. The molecule has 1 N–H and O–H groups in total. The monoisotopic (exact) mass is 389 g/mol. The van der Waals surface area contributed by atoms with Crippen molar-refractivity contribution in [2.24, 2.45) is 0 Å². The average molecular weight is 389 g/mol. The van der Waals surface area contributed by atoms with E-state index in [2.05, 4.69) is 57.3 Å². The molecular weight excluding hydrogens is 362 g/mol. The van der Waals surface area contributed by atoms with E-state index in [9.17, 15) is 0 Å². The van der Waals surface area contributed by atoms with E-state index in [-0.39, 0.29) is 0 Å². The molecule has 0 spiro atoms. The number of hydrogen-bond acceptors (Lipinski definition) is 4. The Morgan fingerprint density at radius 2 is 1.97 bits per heavy atom. The number of H-pyrrole nitrogens is 1. The number of likely N-dealkylation sites (tertiary alicyclic amines) is 1. The Hall–Kier alpha value is -2.79. The molecular formula is C24H27N3O2. The van der Waals surface area contributed by atoms with Gasteiger partial charge in [0.15, 0.2) is 0 Å². The van der Waals surface area contributed by atoms with E-state index in [0.717, 1.165) is 55.5 Å². The lowest BCUT2D eigenvalue weighted by atomic mass is 9.89. The zero-order valence-electron chi connectivity index (χ0n) is 16.9. The molecule has 0 bridgehead atoms. The summed E-state index contributed by atoms with van der Waals surface area (Å²) in [5.74, 6) is 3.53. The quantitative estimate of drug-likeness (QED) is 0.703. The Bertz CT molecular complexity index is 972. The third-order valence-corrected chi connectivity index (χ3v) is 6.16. The molecule has 5 heteroatoms. The molecule has 3 heterocycles. The van der Waals surface area contributed by atoms with Gasteiger partial charge in [0.05, 0.1) is 13.7 Å². The number of aromatic amines is 1. The molecule has 0 atom stereocenters. The van der Waals surface area contributed by atoms with E-state index in [1.54, 1.807) is 7.11 Å². The van der Waals surface area contributed by atoms with Crippen molar-refractivity contribution in [3.8, 4) is 22.9 Å². The molecule has 2 aromatic carbocycles. The van der Waals surface area contributed by atoms with E-state index in [1.165, 1.54) is 29.7 Å². The summed E-state index contributed by atoms with van der Waals surface area (Å²) in [5.41, 5.74) is 5.02. The van der Waals surface area contributed by atoms with E-state index >= 15 is 0 Å². The highest BCUT2D eigenvalue weighted by Crippen LogP contribution is 2.31. The molecule has 5 rings (SSSR count). The minimum Gasteiger partial charge on any atom is -0.497 e. The first-order valence-electron chi connectivity index (χ1n) is 10.4. The normalized spacial score (nSPS) is 17.1. The number of aromatic nitrogens is 2. The topological polar surface area (TPSA) is 50.4 Å². The lowest BCUT2D eigenvalue weighted by Crippen LogP contribution is -2.32. The van der Waals surface area contributed by atoms with Crippen molar-refractivity contribution in [1.29, 1.82) is 0 Å². The van der Waals surface area contributed by atoms with E-state index < -0.39 is 0 Å². The predicted molar refractivity (Wildman–Crippen MR) is 113 cm³/mol. The first kappa shape index (κ1) is 18.3. The van der Waals surface area contributed by atoms with Crippen molar-refractivity contribution in [1.82, 2.24) is 14.9 Å². The molecule has 2 aliphatic heterocycles. The minimum atomic E-state index is 0.642. The number of ether oxygens (including phenoxy) is 2. The smallest absolute Gasteiger partial charge is 0.137 e. The van der Waals surface area contributed by atoms with Crippen LogP contribution < -0.4 is 9.47 Å². The molecule has 1 fully saturated rings. The van der Waals surface area contributed by atoms with Crippen LogP contribution in [-0.2, 0) is 13.0 Å². The maximum Gasteiger partial charge on any atom is 0.137 e. The average Bonchev–Trinajstić information content (AvgIpc) is 3.43. The van der Waals surface area contributed by atoms with Crippen molar-refractivity contribution in [3.63, 3.8) is 0 Å². The highest BCUT2D eigenvalue weighted by molar-refractivity contribution is 5.59. The van der Waals surface area contributed by atoms with Gasteiger partial charge in [0.1, 0.15) is 17.3 Å². The van der Waals surface area contributed by atoms with Crippen LogP contribution in [0.3, 0.4) is 0 Å². The fraction of sp³-hybridized carbons (Fsp3) is 0.375. The highest BCUT2D eigenvalue weighted by Gasteiger charge is 2.21. The number of imidazole rings is 1. The molecule has 0 radical (unpaired) electrons.